The number of esters is 1. The van der Waals surface area contributed by atoms with Crippen molar-refractivity contribution < 1.29 is 19.1 Å². The summed E-state index contributed by atoms with van der Waals surface area (Å²) >= 11 is 18.7. The third-order valence-electron chi connectivity index (χ3n) is 4.98. The van der Waals surface area contributed by atoms with E-state index in [0.29, 0.717) is 10.6 Å². The van der Waals surface area contributed by atoms with Crippen LogP contribution < -0.4 is 0 Å². The molecule has 3 aromatic rings. The maximum atomic E-state index is 13.5. The fourth-order valence-electron chi connectivity index (χ4n) is 3.56. The largest absolute Gasteiger partial charge is 0.469 e. The number of hydrogen-bond donors (Lipinski definition) is 0. The summed E-state index contributed by atoms with van der Waals surface area (Å²) in [4.78, 5) is 25.6. The van der Waals surface area contributed by atoms with Crippen molar-refractivity contribution in [2.24, 2.45) is 0 Å². The molecule has 154 valence electrons. The average molecular weight is 465 g/mol. The Morgan fingerprint density at radius 3 is 2.67 bits per heavy atom. The van der Waals surface area contributed by atoms with Crippen molar-refractivity contribution >= 4 is 46.6 Å². The summed E-state index contributed by atoms with van der Waals surface area (Å²) in [6.07, 6.45) is 0.0132. The third kappa shape index (κ3) is 3.74. The van der Waals surface area contributed by atoms with Gasteiger partial charge in [0.2, 0.25) is 0 Å². The summed E-state index contributed by atoms with van der Waals surface area (Å²) in [6.45, 7) is 0. The summed E-state index contributed by atoms with van der Waals surface area (Å²) < 4.78 is 12.9. The molecular weight excluding hydrogens is 449 g/mol. The summed E-state index contributed by atoms with van der Waals surface area (Å²) in [7, 11) is 1.31. The Kier molecular flexibility index (Phi) is 5.89. The van der Waals surface area contributed by atoms with Crippen molar-refractivity contribution in [1.82, 2.24) is 4.57 Å². The van der Waals surface area contributed by atoms with Gasteiger partial charge in [-0.3, -0.25) is 9.59 Å². The standard InChI is InChI=1S/C22H16Cl3NO4/c1-29-19(27)11-18-17-6-3-9-26(17)16-8-7-12(23)10-14(16)22(30-18)21(28)13-4-2-5-15(24)20(13)25/h2-10,18,22H,11H2,1H3. The summed E-state index contributed by atoms with van der Waals surface area (Å²) in [5, 5.41) is 0.858. The number of rotatable bonds is 4. The first-order chi connectivity index (χ1) is 14.4. The predicted molar refractivity (Wildman–Crippen MR) is 115 cm³/mol. The molecule has 0 bridgehead atoms. The minimum atomic E-state index is -1.05. The monoisotopic (exact) mass is 463 g/mol. The molecule has 0 aliphatic carbocycles. The fraction of sp³-hybridized carbons (Fsp3) is 0.182. The highest BCUT2D eigenvalue weighted by Gasteiger charge is 2.36. The van der Waals surface area contributed by atoms with E-state index in [1.54, 1.807) is 30.3 Å². The van der Waals surface area contributed by atoms with Crippen LogP contribution in [0, 0.1) is 0 Å². The van der Waals surface area contributed by atoms with E-state index in [1.807, 2.05) is 29.0 Å². The number of fused-ring (bicyclic) bond motifs is 3. The Bertz CT molecular complexity index is 1140. The third-order valence-corrected chi connectivity index (χ3v) is 6.03. The van der Waals surface area contributed by atoms with Crippen molar-refractivity contribution in [1.29, 1.82) is 0 Å². The number of nitrogens with zero attached hydrogens (tertiary/aromatic N) is 1. The molecule has 0 fully saturated rings. The molecule has 30 heavy (non-hydrogen) atoms. The van der Waals surface area contributed by atoms with Gasteiger partial charge in [-0.1, -0.05) is 40.9 Å². The van der Waals surface area contributed by atoms with Gasteiger partial charge in [-0.25, -0.2) is 0 Å². The van der Waals surface area contributed by atoms with E-state index in [2.05, 4.69) is 0 Å². The second kappa shape index (κ2) is 8.44. The van der Waals surface area contributed by atoms with Crippen LogP contribution in [0.15, 0.2) is 54.7 Å². The summed E-state index contributed by atoms with van der Waals surface area (Å²) in [5.74, 6) is -0.838. The smallest absolute Gasteiger partial charge is 0.308 e. The van der Waals surface area contributed by atoms with Crippen molar-refractivity contribution in [3.05, 3.63) is 86.6 Å². The van der Waals surface area contributed by atoms with Gasteiger partial charge in [0.05, 0.1) is 35.0 Å². The number of aromatic nitrogens is 1. The van der Waals surface area contributed by atoms with Gasteiger partial charge in [-0.15, -0.1) is 0 Å². The molecule has 0 saturated heterocycles. The molecule has 0 N–H and O–H groups in total. The first-order valence-electron chi connectivity index (χ1n) is 9.08. The highest BCUT2D eigenvalue weighted by atomic mass is 35.5. The number of halogens is 3. The second-order valence-corrected chi connectivity index (χ2v) is 7.98. The lowest BCUT2D eigenvalue weighted by molar-refractivity contribution is -0.145. The van der Waals surface area contributed by atoms with Gasteiger partial charge < -0.3 is 14.0 Å². The number of Topliss-reactive ketones (excluding diaryl/α,β-unsaturated/α-hetero) is 1. The number of ketones is 1. The van der Waals surface area contributed by atoms with E-state index in [4.69, 9.17) is 44.3 Å². The molecule has 1 aliphatic rings. The number of carbonyl (C=O) groups excluding carboxylic acids is 2. The highest BCUT2D eigenvalue weighted by molar-refractivity contribution is 6.44. The molecule has 0 radical (unpaired) electrons. The molecule has 2 unspecified atom stereocenters. The number of ether oxygens (including phenoxy) is 2. The number of hydrogen-bond acceptors (Lipinski definition) is 4. The zero-order valence-corrected chi connectivity index (χ0v) is 18.0. The first kappa shape index (κ1) is 20.9. The molecule has 2 heterocycles. The van der Waals surface area contributed by atoms with E-state index in [0.717, 1.165) is 11.4 Å². The summed E-state index contributed by atoms with van der Waals surface area (Å²) in [5.41, 5.74) is 2.23. The van der Waals surface area contributed by atoms with Crippen molar-refractivity contribution in [3.8, 4) is 5.69 Å². The Labute approximate surface area is 188 Å². The molecule has 5 nitrogen and oxygen atoms in total. The Morgan fingerprint density at radius 2 is 1.90 bits per heavy atom. The van der Waals surface area contributed by atoms with E-state index >= 15 is 0 Å². The molecular formula is C22H16Cl3NO4. The molecule has 1 aliphatic heterocycles. The predicted octanol–water partition coefficient (Wildman–Crippen LogP) is 6.00. The lowest BCUT2D eigenvalue weighted by Gasteiger charge is -2.22. The number of benzene rings is 2. The summed E-state index contributed by atoms with van der Waals surface area (Å²) in [6, 6.07) is 13.7. The highest BCUT2D eigenvalue weighted by Crippen LogP contribution is 2.41. The van der Waals surface area contributed by atoms with Gasteiger partial charge in [0.25, 0.3) is 0 Å². The Morgan fingerprint density at radius 1 is 1.10 bits per heavy atom. The van der Waals surface area contributed by atoms with Crippen LogP contribution in [0.25, 0.3) is 5.69 Å². The molecule has 2 atom stereocenters. The normalized spacial score (nSPS) is 17.6. The molecule has 4 rings (SSSR count). The van der Waals surface area contributed by atoms with Crippen LogP contribution in [0.4, 0.5) is 0 Å². The van der Waals surface area contributed by atoms with Crippen LogP contribution >= 0.6 is 34.8 Å². The lowest BCUT2D eigenvalue weighted by Crippen LogP contribution is -2.20. The molecule has 0 amide bonds. The zero-order chi connectivity index (χ0) is 21.4. The van der Waals surface area contributed by atoms with Crippen molar-refractivity contribution in [3.63, 3.8) is 0 Å². The number of methoxy groups -OCH3 is 1. The van der Waals surface area contributed by atoms with E-state index in [-0.39, 0.29) is 27.8 Å². The Balaban J connectivity index is 1.88. The van der Waals surface area contributed by atoms with E-state index in [1.165, 1.54) is 7.11 Å². The van der Waals surface area contributed by atoms with Crippen LogP contribution in [-0.4, -0.2) is 23.4 Å². The maximum absolute atomic E-state index is 13.5. The SMILES string of the molecule is COC(=O)CC1OC(C(=O)c2cccc(Cl)c2Cl)c2cc(Cl)ccc2-n2cccc21. The average Bonchev–Trinajstić information content (AvgIpc) is 3.17. The maximum Gasteiger partial charge on any atom is 0.308 e. The van der Waals surface area contributed by atoms with Gasteiger partial charge >= 0.3 is 5.97 Å². The van der Waals surface area contributed by atoms with Gasteiger partial charge in [0.1, 0.15) is 12.2 Å². The van der Waals surface area contributed by atoms with Gasteiger partial charge in [0.15, 0.2) is 5.78 Å². The fourth-order valence-corrected chi connectivity index (χ4v) is 4.14. The molecule has 0 saturated carbocycles. The molecule has 8 heteroatoms. The molecule has 1 aromatic heterocycles. The van der Waals surface area contributed by atoms with Gasteiger partial charge in [-0.05, 0) is 42.5 Å². The van der Waals surface area contributed by atoms with Crippen LogP contribution in [0.5, 0.6) is 0 Å². The van der Waals surface area contributed by atoms with E-state index < -0.39 is 18.2 Å². The zero-order valence-electron chi connectivity index (χ0n) is 15.8. The van der Waals surface area contributed by atoms with Crippen LogP contribution in [-0.2, 0) is 14.3 Å². The number of carbonyl (C=O) groups is 2. The Hall–Kier alpha value is -2.31. The minimum Gasteiger partial charge on any atom is -0.469 e. The second-order valence-electron chi connectivity index (χ2n) is 6.76. The van der Waals surface area contributed by atoms with Gasteiger partial charge in [0, 0.05) is 22.3 Å². The van der Waals surface area contributed by atoms with Crippen molar-refractivity contribution in [2.75, 3.05) is 7.11 Å². The van der Waals surface area contributed by atoms with Crippen molar-refractivity contribution in [2.45, 2.75) is 18.6 Å². The van der Waals surface area contributed by atoms with Crippen LogP contribution in [0.2, 0.25) is 15.1 Å². The quantitative estimate of drug-likeness (QED) is 0.351. The lowest BCUT2D eigenvalue weighted by atomic mass is 9.98. The van der Waals surface area contributed by atoms with Gasteiger partial charge in [-0.2, -0.15) is 0 Å². The van der Waals surface area contributed by atoms with Crippen LogP contribution in [0.1, 0.15) is 40.2 Å². The molecule has 0 spiro atoms. The minimum absolute atomic E-state index is 0.0602. The van der Waals surface area contributed by atoms with Crippen LogP contribution in [0.3, 0.4) is 0 Å². The topological polar surface area (TPSA) is 57.5 Å². The van der Waals surface area contributed by atoms with E-state index in [9.17, 15) is 9.59 Å². The molecule has 2 aromatic carbocycles. The first-order valence-corrected chi connectivity index (χ1v) is 10.2.